The van der Waals surface area contributed by atoms with Gasteiger partial charge in [0, 0.05) is 17.5 Å². The van der Waals surface area contributed by atoms with Crippen molar-refractivity contribution in [2.45, 2.75) is 19.9 Å². The second kappa shape index (κ2) is 7.36. The average molecular weight is 340 g/mol. The van der Waals surface area contributed by atoms with Crippen LogP contribution >= 0.6 is 11.3 Å². The average Bonchev–Trinajstić information content (AvgIpc) is 3.03. The van der Waals surface area contributed by atoms with Crippen LogP contribution in [0.5, 0.6) is 0 Å². The number of aromatic nitrogens is 1. The normalized spacial score (nSPS) is 10.6. The third-order valence-corrected chi connectivity index (χ3v) is 4.66. The predicted molar refractivity (Wildman–Crippen MR) is 94.2 cm³/mol. The number of amides is 1. The summed E-state index contributed by atoms with van der Waals surface area (Å²) in [7, 11) is 0. The van der Waals surface area contributed by atoms with Gasteiger partial charge in [-0.05, 0) is 42.3 Å². The lowest BCUT2D eigenvalue weighted by molar-refractivity contribution is -0.120. The zero-order valence-electron chi connectivity index (χ0n) is 13.3. The predicted octanol–water partition coefficient (Wildman–Crippen LogP) is 4.12. The summed E-state index contributed by atoms with van der Waals surface area (Å²) in [5.74, 6) is -0.333. The van der Waals surface area contributed by atoms with Gasteiger partial charge in [-0.3, -0.25) is 4.79 Å². The summed E-state index contributed by atoms with van der Waals surface area (Å²) in [6, 6.07) is 14.2. The molecule has 5 heteroatoms. The molecule has 0 fully saturated rings. The first-order valence-electron chi connectivity index (χ1n) is 7.63. The van der Waals surface area contributed by atoms with Gasteiger partial charge in [-0.2, -0.15) is 0 Å². The van der Waals surface area contributed by atoms with Crippen LogP contribution in [0.4, 0.5) is 4.39 Å². The number of carbonyl (C=O) groups is 1. The highest BCUT2D eigenvalue weighted by molar-refractivity contribution is 7.13. The Morgan fingerprint density at radius 3 is 2.67 bits per heavy atom. The summed E-state index contributed by atoms with van der Waals surface area (Å²) >= 11 is 1.45. The number of aryl methyl sites for hydroxylation is 1. The maximum atomic E-state index is 13.0. The minimum Gasteiger partial charge on any atom is -0.352 e. The van der Waals surface area contributed by atoms with Gasteiger partial charge in [-0.25, -0.2) is 9.37 Å². The molecule has 1 heterocycles. The SMILES string of the molecule is Cc1ccccc1CNC(=O)Cc1csc(-c2ccc(F)cc2)n1. The van der Waals surface area contributed by atoms with E-state index in [1.54, 1.807) is 12.1 Å². The van der Waals surface area contributed by atoms with Gasteiger partial charge in [0.15, 0.2) is 0 Å². The molecule has 2 aromatic carbocycles. The number of thiazole rings is 1. The van der Waals surface area contributed by atoms with Crippen molar-refractivity contribution in [2.24, 2.45) is 0 Å². The molecule has 1 amide bonds. The van der Waals surface area contributed by atoms with Gasteiger partial charge in [0.25, 0.3) is 0 Å². The van der Waals surface area contributed by atoms with E-state index in [9.17, 15) is 9.18 Å². The molecule has 0 radical (unpaired) electrons. The summed E-state index contributed by atoms with van der Waals surface area (Å²) in [6.45, 7) is 2.54. The topological polar surface area (TPSA) is 42.0 Å². The summed E-state index contributed by atoms with van der Waals surface area (Å²) in [4.78, 5) is 16.5. The molecule has 0 saturated carbocycles. The van der Waals surface area contributed by atoms with E-state index in [0.717, 1.165) is 27.4 Å². The Labute approximate surface area is 144 Å². The number of benzene rings is 2. The maximum Gasteiger partial charge on any atom is 0.226 e. The van der Waals surface area contributed by atoms with E-state index >= 15 is 0 Å². The molecule has 0 aliphatic carbocycles. The van der Waals surface area contributed by atoms with Gasteiger partial charge in [0.05, 0.1) is 12.1 Å². The molecular weight excluding hydrogens is 323 g/mol. The molecule has 0 bridgehead atoms. The van der Waals surface area contributed by atoms with Crippen molar-refractivity contribution in [1.29, 1.82) is 0 Å². The molecule has 0 spiro atoms. The second-order valence-corrected chi connectivity index (χ2v) is 6.39. The van der Waals surface area contributed by atoms with E-state index in [1.165, 1.54) is 23.5 Å². The van der Waals surface area contributed by atoms with Crippen LogP contribution in [0.3, 0.4) is 0 Å². The lowest BCUT2D eigenvalue weighted by Crippen LogP contribution is -2.25. The second-order valence-electron chi connectivity index (χ2n) is 5.53. The van der Waals surface area contributed by atoms with Crippen molar-refractivity contribution in [1.82, 2.24) is 10.3 Å². The first-order valence-corrected chi connectivity index (χ1v) is 8.51. The smallest absolute Gasteiger partial charge is 0.226 e. The first kappa shape index (κ1) is 16.3. The summed E-state index contributed by atoms with van der Waals surface area (Å²) in [6.07, 6.45) is 0.240. The molecule has 3 rings (SSSR count). The first-order chi connectivity index (χ1) is 11.6. The molecule has 0 saturated heterocycles. The highest BCUT2D eigenvalue weighted by atomic mass is 32.1. The van der Waals surface area contributed by atoms with Crippen LogP contribution in [0.25, 0.3) is 10.6 Å². The van der Waals surface area contributed by atoms with Gasteiger partial charge in [-0.15, -0.1) is 11.3 Å². The molecule has 122 valence electrons. The van der Waals surface area contributed by atoms with E-state index in [-0.39, 0.29) is 18.1 Å². The standard InChI is InChI=1S/C19H17FN2OS/c1-13-4-2-3-5-15(13)11-21-18(23)10-17-12-24-19(22-17)14-6-8-16(20)9-7-14/h2-9,12H,10-11H2,1H3,(H,21,23). The Balaban J connectivity index is 1.59. The number of nitrogens with zero attached hydrogens (tertiary/aromatic N) is 1. The third kappa shape index (κ3) is 4.06. The van der Waals surface area contributed by atoms with E-state index < -0.39 is 0 Å². The van der Waals surface area contributed by atoms with Crippen LogP contribution in [0, 0.1) is 12.7 Å². The van der Waals surface area contributed by atoms with Crippen LogP contribution in [0.2, 0.25) is 0 Å². The molecule has 24 heavy (non-hydrogen) atoms. The fourth-order valence-corrected chi connectivity index (χ4v) is 3.17. The van der Waals surface area contributed by atoms with Crippen molar-refractivity contribution in [3.63, 3.8) is 0 Å². The van der Waals surface area contributed by atoms with Gasteiger partial charge >= 0.3 is 0 Å². The number of nitrogens with one attached hydrogen (secondary N) is 1. The molecule has 0 unspecified atom stereocenters. The van der Waals surface area contributed by atoms with Crippen LogP contribution in [0.1, 0.15) is 16.8 Å². The fraction of sp³-hybridized carbons (Fsp3) is 0.158. The van der Waals surface area contributed by atoms with Gasteiger partial charge in [0.2, 0.25) is 5.91 Å². The summed E-state index contributed by atoms with van der Waals surface area (Å²) in [5.41, 5.74) is 3.84. The number of halogens is 1. The minimum atomic E-state index is -0.272. The monoisotopic (exact) mass is 340 g/mol. The highest BCUT2D eigenvalue weighted by Crippen LogP contribution is 2.24. The molecule has 1 aromatic heterocycles. The molecule has 3 nitrogen and oxygen atoms in total. The molecular formula is C19H17FN2OS. The minimum absolute atomic E-state index is 0.0609. The zero-order valence-corrected chi connectivity index (χ0v) is 14.1. The molecule has 0 aliphatic heterocycles. The fourth-order valence-electron chi connectivity index (χ4n) is 2.34. The van der Waals surface area contributed by atoms with E-state index in [2.05, 4.69) is 10.3 Å². The van der Waals surface area contributed by atoms with Crippen molar-refractivity contribution >= 4 is 17.2 Å². The molecule has 3 aromatic rings. The van der Waals surface area contributed by atoms with Crippen molar-refractivity contribution in [3.8, 4) is 10.6 Å². The summed E-state index contributed by atoms with van der Waals surface area (Å²) in [5, 5.41) is 5.58. The maximum absolute atomic E-state index is 13.0. The Morgan fingerprint density at radius 1 is 1.17 bits per heavy atom. The molecule has 0 aliphatic rings. The zero-order chi connectivity index (χ0) is 16.9. The highest BCUT2D eigenvalue weighted by Gasteiger charge is 2.09. The number of carbonyl (C=O) groups excluding carboxylic acids is 1. The molecule has 1 N–H and O–H groups in total. The largest absolute Gasteiger partial charge is 0.352 e. The summed E-state index contributed by atoms with van der Waals surface area (Å²) < 4.78 is 13.0. The Bertz CT molecular complexity index is 843. The van der Waals surface area contributed by atoms with Crippen molar-refractivity contribution in [3.05, 3.63) is 76.5 Å². The van der Waals surface area contributed by atoms with Crippen LogP contribution in [-0.2, 0) is 17.8 Å². The Hall–Kier alpha value is -2.53. The quantitative estimate of drug-likeness (QED) is 0.759. The van der Waals surface area contributed by atoms with E-state index in [0.29, 0.717) is 6.54 Å². The van der Waals surface area contributed by atoms with Crippen LogP contribution < -0.4 is 5.32 Å². The van der Waals surface area contributed by atoms with Gasteiger partial charge < -0.3 is 5.32 Å². The third-order valence-electron chi connectivity index (χ3n) is 3.72. The Kier molecular flexibility index (Phi) is 5.01. The van der Waals surface area contributed by atoms with E-state index in [4.69, 9.17) is 0 Å². The Morgan fingerprint density at radius 2 is 1.92 bits per heavy atom. The van der Waals surface area contributed by atoms with E-state index in [1.807, 2.05) is 36.6 Å². The number of hydrogen-bond donors (Lipinski definition) is 1. The van der Waals surface area contributed by atoms with Gasteiger partial charge in [0.1, 0.15) is 10.8 Å². The van der Waals surface area contributed by atoms with Crippen molar-refractivity contribution in [2.75, 3.05) is 0 Å². The van der Waals surface area contributed by atoms with Crippen molar-refractivity contribution < 1.29 is 9.18 Å². The lowest BCUT2D eigenvalue weighted by Gasteiger charge is -2.07. The lowest BCUT2D eigenvalue weighted by atomic mass is 10.1. The van der Waals surface area contributed by atoms with Crippen LogP contribution in [0.15, 0.2) is 53.9 Å². The van der Waals surface area contributed by atoms with Gasteiger partial charge in [-0.1, -0.05) is 24.3 Å². The number of hydrogen-bond acceptors (Lipinski definition) is 3. The number of rotatable bonds is 5. The van der Waals surface area contributed by atoms with Crippen LogP contribution in [-0.4, -0.2) is 10.9 Å². The molecule has 0 atom stereocenters.